The summed E-state index contributed by atoms with van der Waals surface area (Å²) >= 11 is 0. The van der Waals surface area contributed by atoms with E-state index in [1.165, 1.54) is 24.3 Å². The third kappa shape index (κ3) is 2.60. The van der Waals surface area contributed by atoms with E-state index in [0.717, 1.165) is 22.3 Å². The minimum absolute atomic E-state index is 0.0000600. The predicted octanol–water partition coefficient (Wildman–Crippen LogP) is 4.54. The van der Waals surface area contributed by atoms with Crippen molar-refractivity contribution in [1.29, 1.82) is 0 Å². The number of benzene rings is 2. The molecule has 3 rings (SSSR count). The van der Waals surface area contributed by atoms with Crippen LogP contribution in [-0.2, 0) is 16.2 Å². The summed E-state index contributed by atoms with van der Waals surface area (Å²) in [6.07, 6.45) is -2.21. The molecule has 1 aromatic heterocycles. The van der Waals surface area contributed by atoms with Gasteiger partial charge in [0.2, 0.25) is 0 Å². The molecule has 0 unspecified atom stereocenters. The molecule has 0 saturated carbocycles. The molecule has 24 heavy (non-hydrogen) atoms. The van der Waals surface area contributed by atoms with Gasteiger partial charge in [0.05, 0.1) is 16.0 Å². The van der Waals surface area contributed by atoms with E-state index in [0.29, 0.717) is 0 Å². The Morgan fingerprint density at radius 2 is 1.71 bits per heavy atom. The van der Waals surface area contributed by atoms with E-state index in [1.807, 2.05) is 0 Å². The molecule has 0 bridgehead atoms. The molecule has 0 atom stereocenters. The Morgan fingerprint density at radius 1 is 1.04 bits per heavy atom. The summed E-state index contributed by atoms with van der Waals surface area (Å²) < 4.78 is 66.1. The third-order valence-electron chi connectivity index (χ3n) is 3.64. The number of hydrogen-bond donors (Lipinski definition) is 0. The van der Waals surface area contributed by atoms with Gasteiger partial charge in [0.25, 0.3) is 10.0 Å². The SMILES string of the molecule is C=Cc1cc(C(F)(F)F)c2ccn(S(=O)(=O)c3ccccc3)c2c1. The lowest BCUT2D eigenvalue weighted by Gasteiger charge is -2.12. The molecule has 0 amide bonds. The van der Waals surface area contributed by atoms with Crippen LogP contribution in [0.5, 0.6) is 0 Å². The summed E-state index contributed by atoms with van der Waals surface area (Å²) in [6, 6.07) is 11.0. The maximum Gasteiger partial charge on any atom is 0.417 e. The van der Waals surface area contributed by atoms with Crippen molar-refractivity contribution in [2.24, 2.45) is 0 Å². The Labute approximate surface area is 136 Å². The third-order valence-corrected chi connectivity index (χ3v) is 5.34. The van der Waals surface area contributed by atoms with E-state index in [9.17, 15) is 21.6 Å². The molecule has 1 heterocycles. The standard InChI is InChI=1S/C17H12F3NO2S/c1-2-12-10-15(17(18,19)20)14-8-9-21(16(14)11-12)24(22,23)13-6-4-3-5-7-13/h2-11H,1H2. The van der Waals surface area contributed by atoms with Crippen molar-refractivity contribution in [3.05, 3.63) is 72.4 Å². The van der Waals surface area contributed by atoms with E-state index < -0.39 is 21.8 Å². The van der Waals surface area contributed by atoms with Gasteiger partial charge in [-0.05, 0) is 35.9 Å². The zero-order chi connectivity index (χ0) is 17.5. The molecule has 7 heteroatoms. The van der Waals surface area contributed by atoms with Crippen LogP contribution in [0.4, 0.5) is 13.2 Å². The fourth-order valence-corrected chi connectivity index (χ4v) is 3.87. The van der Waals surface area contributed by atoms with Crippen LogP contribution in [0.25, 0.3) is 17.0 Å². The van der Waals surface area contributed by atoms with Gasteiger partial charge < -0.3 is 0 Å². The Bertz CT molecular complexity index is 1020. The van der Waals surface area contributed by atoms with Crippen LogP contribution in [0.2, 0.25) is 0 Å². The fourth-order valence-electron chi connectivity index (χ4n) is 2.51. The number of rotatable bonds is 3. The summed E-state index contributed by atoms with van der Waals surface area (Å²) in [7, 11) is -3.99. The number of halogens is 3. The van der Waals surface area contributed by atoms with Gasteiger partial charge >= 0.3 is 6.18 Å². The number of nitrogens with zero attached hydrogens (tertiary/aromatic N) is 1. The van der Waals surface area contributed by atoms with Gasteiger partial charge in [0.1, 0.15) is 0 Å². The number of aromatic nitrogens is 1. The monoisotopic (exact) mass is 351 g/mol. The molecule has 0 aliphatic rings. The van der Waals surface area contributed by atoms with Crippen molar-refractivity contribution in [3.63, 3.8) is 0 Å². The van der Waals surface area contributed by atoms with Crippen molar-refractivity contribution in [3.8, 4) is 0 Å². The minimum atomic E-state index is -4.60. The van der Waals surface area contributed by atoms with Gasteiger partial charge in [-0.2, -0.15) is 13.2 Å². The molecule has 0 N–H and O–H groups in total. The van der Waals surface area contributed by atoms with E-state index in [-0.39, 0.29) is 21.4 Å². The highest BCUT2D eigenvalue weighted by molar-refractivity contribution is 7.90. The second-order valence-electron chi connectivity index (χ2n) is 5.13. The summed E-state index contributed by atoms with van der Waals surface area (Å²) in [4.78, 5) is 0.0000600. The number of fused-ring (bicyclic) bond motifs is 1. The molecule has 3 nitrogen and oxygen atoms in total. The molecule has 0 spiro atoms. The summed E-state index contributed by atoms with van der Waals surface area (Å²) in [6.45, 7) is 3.47. The summed E-state index contributed by atoms with van der Waals surface area (Å²) in [5, 5.41) is -0.174. The second-order valence-corrected chi connectivity index (χ2v) is 6.95. The van der Waals surface area contributed by atoms with Crippen molar-refractivity contribution in [2.75, 3.05) is 0 Å². The van der Waals surface area contributed by atoms with Gasteiger partial charge in [-0.1, -0.05) is 30.9 Å². The van der Waals surface area contributed by atoms with E-state index >= 15 is 0 Å². The van der Waals surface area contributed by atoms with Crippen molar-refractivity contribution >= 4 is 27.0 Å². The lowest BCUT2D eigenvalue weighted by molar-refractivity contribution is -0.136. The molecular weight excluding hydrogens is 339 g/mol. The van der Waals surface area contributed by atoms with Crippen molar-refractivity contribution < 1.29 is 21.6 Å². The summed E-state index contributed by atoms with van der Waals surface area (Å²) in [5.41, 5.74) is -0.737. The Balaban J connectivity index is 2.34. The van der Waals surface area contributed by atoms with Crippen LogP contribution in [0.1, 0.15) is 11.1 Å². The fraction of sp³-hybridized carbons (Fsp3) is 0.0588. The Kier molecular flexibility index (Phi) is 3.76. The number of alkyl halides is 3. The molecule has 0 aliphatic heterocycles. The van der Waals surface area contributed by atoms with Crippen molar-refractivity contribution in [2.45, 2.75) is 11.1 Å². The molecule has 2 aromatic carbocycles. The molecule has 0 saturated heterocycles. The largest absolute Gasteiger partial charge is 0.417 e. The van der Waals surface area contributed by atoms with E-state index in [1.54, 1.807) is 18.2 Å². The predicted molar refractivity (Wildman–Crippen MR) is 86.1 cm³/mol. The summed E-state index contributed by atoms with van der Waals surface area (Å²) in [5.74, 6) is 0. The van der Waals surface area contributed by atoms with Crippen LogP contribution in [0, 0.1) is 0 Å². The average Bonchev–Trinajstić information content (AvgIpc) is 2.98. The lowest BCUT2D eigenvalue weighted by Crippen LogP contribution is -2.12. The quantitative estimate of drug-likeness (QED) is 0.695. The first-order valence-electron chi connectivity index (χ1n) is 6.90. The molecule has 0 aliphatic carbocycles. The van der Waals surface area contributed by atoms with Gasteiger partial charge in [-0.25, -0.2) is 12.4 Å². The van der Waals surface area contributed by atoms with Crippen LogP contribution in [0.15, 0.2) is 66.2 Å². The van der Waals surface area contributed by atoms with Crippen LogP contribution < -0.4 is 0 Å². The normalized spacial score (nSPS) is 12.5. The highest BCUT2D eigenvalue weighted by Crippen LogP contribution is 2.37. The van der Waals surface area contributed by atoms with Gasteiger partial charge in [-0.3, -0.25) is 0 Å². The van der Waals surface area contributed by atoms with Crippen molar-refractivity contribution in [1.82, 2.24) is 3.97 Å². The molecular formula is C17H12F3NO2S. The Hall–Kier alpha value is -2.54. The smallest absolute Gasteiger partial charge is 0.241 e. The van der Waals surface area contributed by atoms with Crippen LogP contribution in [-0.4, -0.2) is 12.4 Å². The highest BCUT2D eigenvalue weighted by atomic mass is 32.2. The van der Waals surface area contributed by atoms with E-state index in [2.05, 4.69) is 6.58 Å². The first-order chi connectivity index (χ1) is 11.2. The topological polar surface area (TPSA) is 39.1 Å². The average molecular weight is 351 g/mol. The van der Waals surface area contributed by atoms with Gasteiger partial charge in [-0.15, -0.1) is 0 Å². The minimum Gasteiger partial charge on any atom is -0.241 e. The van der Waals surface area contributed by atoms with Crippen LogP contribution >= 0.6 is 0 Å². The van der Waals surface area contributed by atoms with Gasteiger partial charge in [0, 0.05) is 11.6 Å². The zero-order valence-corrected chi connectivity index (χ0v) is 13.1. The first-order valence-corrected chi connectivity index (χ1v) is 8.34. The lowest BCUT2D eigenvalue weighted by atomic mass is 10.1. The maximum atomic E-state index is 13.3. The first kappa shape index (κ1) is 16.3. The molecule has 0 fully saturated rings. The van der Waals surface area contributed by atoms with E-state index in [4.69, 9.17) is 0 Å². The molecule has 124 valence electrons. The Morgan fingerprint density at radius 3 is 2.29 bits per heavy atom. The van der Waals surface area contributed by atoms with Gasteiger partial charge in [0.15, 0.2) is 0 Å². The zero-order valence-electron chi connectivity index (χ0n) is 12.3. The number of hydrogen-bond acceptors (Lipinski definition) is 2. The maximum absolute atomic E-state index is 13.3. The molecule has 0 radical (unpaired) electrons. The highest BCUT2D eigenvalue weighted by Gasteiger charge is 2.34. The second kappa shape index (κ2) is 5.52. The molecule has 3 aromatic rings. The van der Waals surface area contributed by atoms with Crippen LogP contribution in [0.3, 0.4) is 0 Å².